The maximum absolute atomic E-state index is 10.8. The van der Waals surface area contributed by atoms with Crippen molar-refractivity contribution in [2.75, 3.05) is 5.75 Å². The molecule has 0 fully saturated rings. The van der Waals surface area contributed by atoms with Gasteiger partial charge in [-0.05, 0) is 18.6 Å². The number of carboxylic acid groups (broad SMARTS) is 1. The van der Waals surface area contributed by atoms with Gasteiger partial charge in [0.25, 0.3) is 0 Å². The molecule has 0 saturated carbocycles. The van der Waals surface area contributed by atoms with Crippen LogP contribution in [0.4, 0.5) is 0 Å². The molecule has 108 valence electrons. The highest BCUT2D eigenvalue weighted by Crippen LogP contribution is 2.24. The summed E-state index contributed by atoms with van der Waals surface area (Å²) in [5.74, 6) is -0.495. The quantitative estimate of drug-likeness (QED) is 0.704. The second kappa shape index (κ2) is 5.52. The van der Waals surface area contributed by atoms with Crippen molar-refractivity contribution < 1.29 is 14.4 Å². The number of aromatic nitrogens is 5. The van der Waals surface area contributed by atoms with Crippen LogP contribution in [0.3, 0.4) is 0 Å². The van der Waals surface area contributed by atoms with Gasteiger partial charge >= 0.3 is 5.97 Å². The second-order valence-electron chi connectivity index (χ2n) is 4.37. The predicted molar refractivity (Wildman–Crippen MR) is 74.0 cm³/mol. The van der Waals surface area contributed by atoms with Crippen LogP contribution in [-0.4, -0.2) is 41.5 Å². The zero-order valence-corrected chi connectivity index (χ0v) is 11.9. The number of rotatable bonds is 5. The summed E-state index contributed by atoms with van der Waals surface area (Å²) < 4.78 is 6.50. The van der Waals surface area contributed by atoms with Gasteiger partial charge in [-0.15, -0.1) is 0 Å². The van der Waals surface area contributed by atoms with Gasteiger partial charge < -0.3 is 9.63 Å². The molecule has 0 atom stereocenters. The van der Waals surface area contributed by atoms with Gasteiger partial charge in [-0.3, -0.25) is 9.36 Å². The number of pyridine rings is 1. The Kier molecular flexibility index (Phi) is 3.57. The average Bonchev–Trinajstić information content (AvgIpc) is 3.05. The summed E-state index contributed by atoms with van der Waals surface area (Å²) in [4.78, 5) is 23.5. The lowest BCUT2D eigenvalue weighted by molar-refractivity contribution is -0.133. The monoisotopic (exact) mass is 305 g/mol. The van der Waals surface area contributed by atoms with E-state index in [1.165, 1.54) is 6.39 Å². The molecule has 9 heteroatoms. The Balaban J connectivity index is 2.03. The van der Waals surface area contributed by atoms with Crippen molar-refractivity contribution in [3.63, 3.8) is 0 Å². The van der Waals surface area contributed by atoms with Crippen LogP contribution < -0.4 is 0 Å². The number of hydrogen-bond donors (Lipinski definition) is 1. The number of aliphatic carboxylic acids is 1. The van der Waals surface area contributed by atoms with Gasteiger partial charge in [0.1, 0.15) is 5.52 Å². The van der Waals surface area contributed by atoms with E-state index < -0.39 is 5.97 Å². The van der Waals surface area contributed by atoms with E-state index in [1.54, 1.807) is 10.8 Å². The van der Waals surface area contributed by atoms with Gasteiger partial charge in [0.15, 0.2) is 16.6 Å². The largest absolute Gasteiger partial charge is 0.481 e. The lowest BCUT2D eigenvalue weighted by atomic mass is 10.3. The molecule has 3 aromatic heterocycles. The summed E-state index contributed by atoms with van der Waals surface area (Å²) in [6.45, 7) is 2.25. The topological polar surface area (TPSA) is 107 Å². The molecule has 0 aliphatic heterocycles. The highest BCUT2D eigenvalue weighted by molar-refractivity contribution is 7.99. The summed E-state index contributed by atoms with van der Waals surface area (Å²) in [5.41, 5.74) is 2.37. The van der Waals surface area contributed by atoms with Gasteiger partial charge in [0.05, 0.1) is 12.3 Å². The summed E-state index contributed by atoms with van der Waals surface area (Å²) in [6.07, 6.45) is 2.98. The van der Waals surface area contributed by atoms with Crippen LogP contribution in [0.1, 0.15) is 11.4 Å². The molecule has 0 aliphatic carbocycles. The van der Waals surface area contributed by atoms with Crippen LogP contribution in [0.5, 0.6) is 0 Å². The van der Waals surface area contributed by atoms with E-state index in [9.17, 15) is 4.79 Å². The van der Waals surface area contributed by atoms with Crippen LogP contribution >= 0.6 is 11.8 Å². The first-order chi connectivity index (χ1) is 10.1. The van der Waals surface area contributed by atoms with Crippen LogP contribution in [0.2, 0.25) is 0 Å². The first-order valence-corrected chi connectivity index (χ1v) is 7.05. The van der Waals surface area contributed by atoms with E-state index in [2.05, 4.69) is 20.1 Å². The molecule has 0 spiro atoms. The first-order valence-electron chi connectivity index (χ1n) is 6.06. The summed E-state index contributed by atoms with van der Waals surface area (Å²) >= 11 is 1.13. The van der Waals surface area contributed by atoms with Crippen LogP contribution in [0, 0.1) is 6.92 Å². The molecule has 0 saturated heterocycles. The van der Waals surface area contributed by atoms with Crippen molar-refractivity contribution in [3.05, 3.63) is 30.0 Å². The molecule has 0 radical (unpaired) electrons. The SMILES string of the molecule is Cc1cnc2c(c1)nc(SCC(=O)O)n2Cc1ncon1. The van der Waals surface area contributed by atoms with Crippen LogP contribution in [0.25, 0.3) is 11.2 Å². The number of thioether (sulfide) groups is 1. The molecule has 1 N–H and O–H groups in total. The molecule has 0 bridgehead atoms. The van der Waals surface area contributed by atoms with Crippen molar-refractivity contribution in [2.45, 2.75) is 18.6 Å². The van der Waals surface area contributed by atoms with Gasteiger partial charge in [-0.25, -0.2) is 9.97 Å². The van der Waals surface area contributed by atoms with E-state index in [0.29, 0.717) is 28.7 Å². The second-order valence-corrected chi connectivity index (χ2v) is 5.31. The average molecular weight is 305 g/mol. The van der Waals surface area contributed by atoms with E-state index in [4.69, 9.17) is 9.63 Å². The Morgan fingerprint density at radius 2 is 2.33 bits per heavy atom. The van der Waals surface area contributed by atoms with Crippen molar-refractivity contribution in [1.82, 2.24) is 24.7 Å². The number of nitrogens with zero attached hydrogens (tertiary/aromatic N) is 5. The Morgan fingerprint density at radius 3 is 3.05 bits per heavy atom. The minimum atomic E-state index is -0.901. The number of hydrogen-bond acceptors (Lipinski definition) is 7. The maximum atomic E-state index is 10.8. The Morgan fingerprint density at radius 1 is 1.48 bits per heavy atom. The lowest BCUT2D eigenvalue weighted by Crippen LogP contribution is -2.06. The molecule has 0 amide bonds. The Bertz CT molecular complexity index is 784. The number of fused-ring (bicyclic) bond motifs is 1. The molecule has 0 aliphatic rings. The van der Waals surface area contributed by atoms with Crippen LogP contribution in [-0.2, 0) is 11.3 Å². The minimum absolute atomic E-state index is 0.0749. The third-order valence-electron chi connectivity index (χ3n) is 2.72. The van der Waals surface area contributed by atoms with Crippen molar-refractivity contribution in [3.8, 4) is 0 Å². The molecule has 3 rings (SSSR count). The molecule has 3 heterocycles. The first kappa shape index (κ1) is 13.6. The van der Waals surface area contributed by atoms with Gasteiger partial charge in [0.2, 0.25) is 6.39 Å². The van der Waals surface area contributed by atoms with Gasteiger partial charge in [-0.1, -0.05) is 16.9 Å². The number of carboxylic acids is 1. The van der Waals surface area contributed by atoms with E-state index >= 15 is 0 Å². The molecular formula is C12H11N5O3S. The standard InChI is InChI=1S/C12H11N5O3S/c1-7-2-8-11(13-3-7)17(4-9-14-6-20-16-9)12(15-8)21-5-10(18)19/h2-3,6H,4-5H2,1H3,(H,18,19). The molecular weight excluding hydrogens is 294 g/mol. The fraction of sp³-hybridized carbons (Fsp3) is 0.250. The van der Waals surface area contributed by atoms with Crippen molar-refractivity contribution >= 4 is 28.9 Å². The summed E-state index contributed by atoms with van der Waals surface area (Å²) in [6, 6.07) is 1.90. The number of imidazole rings is 1. The van der Waals surface area contributed by atoms with Crippen molar-refractivity contribution in [2.24, 2.45) is 0 Å². The van der Waals surface area contributed by atoms with E-state index in [0.717, 1.165) is 17.3 Å². The summed E-state index contributed by atoms with van der Waals surface area (Å²) in [5, 5.41) is 13.2. The summed E-state index contributed by atoms with van der Waals surface area (Å²) in [7, 11) is 0. The predicted octanol–water partition coefficient (Wildman–Crippen LogP) is 1.35. The van der Waals surface area contributed by atoms with E-state index in [1.807, 2.05) is 13.0 Å². The normalized spacial score (nSPS) is 11.1. The minimum Gasteiger partial charge on any atom is -0.481 e. The zero-order valence-electron chi connectivity index (χ0n) is 11.1. The zero-order chi connectivity index (χ0) is 14.8. The lowest BCUT2D eigenvalue weighted by Gasteiger charge is -2.04. The third-order valence-corrected chi connectivity index (χ3v) is 3.68. The van der Waals surface area contributed by atoms with Gasteiger partial charge in [-0.2, -0.15) is 4.98 Å². The third kappa shape index (κ3) is 2.87. The highest BCUT2D eigenvalue weighted by atomic mass is 32.2. The fourth-order valence-electron chi connectivity index (χ4n) is 1.87. The van der Waals surface area contributed by atoms with Crippen molar-refractivity contribution in [1.29, 1.82) is 0 Å². The Labute approximate surface area is 123 Å². The smallest absolute Gasteiger partial charge is 0.313 e. The van der Waals surface area contributed by atoms with Crippen LogP contribution in [0.15, 0.2) is 28.3 Å². The van der Waals surface area contributed by atoms with Gasteiger partial charge in [0, 0.05) is 6.20 Å². The molecule has 3 aromatic rings. The molecule has 21 heavy (non-hydrogen) atoms. The highest BCUT2D eigenvalue weighted by Gasteiger charge is 2.15. The molecule has 0 aromatic carbocycles. The Hall–Kier alpha value is -2.42. The molecule has 8 nitrogen and oxygen atoms in total. The molecule has 0 unspecified atom stereocenters. The number of aryl methyl sites for hydroxylation is 1. The number of carbonyl (C=O) groups is 1. The van der Waals surface area contributed by atoms with E-state index in [-0.39, 0.29) is 5.75 Å². The maximum Gasteiger partial charge on any atom is 0.313 e. The fourth-order valence-corrected chi connectivity index (χ4v) is 2.60.